The Morgan fingerprint density at radius 2 is 1.95 bits per heavy atom. The summed E-state index contributed by atoms with van der Waals surface area (Å²) in [7, 11) is 0. The molecule has 22 heavy (non-hydrogen) atoms. The fourth-order valence-corrected chi connectivity index (χ4v) is 1.98. The third-order valence-corrected chi connectivity index (χ3v) is 3.11. The van der Waals surface area contributed by atoms with Gasteiger partial charge in [0.15, 0.2) is 6.61 Å². The second-order valence-electron chi connectivity index (χ2n) is 4.55. The number of hydrogen-bond donors (Lipinski definition) is 2. The highest BCUT2D eigenvalue weighted by Gasteiger charge is 2.14. The minimum Gasteiger partial charge on any atom is -0.482 e. The Labute approximate surface area is 132 Å². The molecule has 1 aromatic carbocycles. The molecular weight excluding hydrogens is 308 g/mol. The van der Waals surface area contributed by atoms with Crippen molar-refractivity contribution in [2.75, 3.05) is 6.61 Å². The van der Waals surface area contributed by atoms with Crippen LogP contribution in [0.3, 0.4) is 0 Å². The molecule has 0 saturated carbocycles. The summed E-state index contributed by atoms with van der Waals surface area (Å²) in [6, 6.07) is 8.39. The fraction of sp³-hybridized carbons (Fsp3) is 0.200. The molecular formula is C15H15ClN2O4. The van der Waals surface area contributed by atoms with Gasteiger partial charge in [-0.2, -0.15) is 0 Å². The third-order valence-electron chi connectivity index (χ3n) is 2.80. The molecule has 1 aromatic heterocycles. The molecule has 2 amide bonds. The minimum atomic E-state index is -0.508. The number of hydrazine groups is 1. The number of ether oxygens (including phenoxy) is 1. The molecule has 7 heteroatoms. The van der Waals surface area contributed by atoms with Crippen LogP contribution in [0.4, 0.5) is 0 Å². The predicted octanol–water partition coefficient (Wildman–Crippen LogP) is 2.39. The zero-order chi connectivity index (χ0) is 16.1. The quantitative estimate of drug-likeness (QED) is 0.847. The first-order valence-corrected chi connectivity index (χ1v) is 6.88. The number of aryl methyl sites for hydroxylation is 2. The Bertz CT molecular complexity index is 697. The molecule has 1 heterocycles. The van der Waals surface area contributed by atoms with Crippen LogP contribution in [0, 0.1) is 13.8 Å². The maximum atomic E-state index is 11.9. The van der Waals surface area contributed by atoms with E-state index in [1.807, 2.05) is 0 Å². The Morgan fingerprint density at radius 1 is 1.23 bits per heavy atom. The van der Waals surface area contributed by atoms with Crippen LogP contribution in [0.15, 0.2) is 34.7 Å². The third kappa shape index (κ3) is 4.02. The maximum Gasteiger partial charge on any atom is 0.276 e. The normalized spacial score (nSPS) is 10.1. The SMILES string of the molecule is Cc1cc(C(=O)NNC(=O)COc2ccccc2Cl)c(C)o1. The van der Waals surface area contributed by atoms with Crippen molar-refractivity contribution >= 4 is 23.4 Å². The van der Waals surface area contributed by atoms with Crippen LogP contribution in [0.2, 0.25) is 5.02 Å². The van der Waals surface area contributed by atoms with E-state index >= 15 is 0 Å². The van der Waals surface area contributed by atoms with Crippen LogP contribution in [0.1, 0.15) is 21.9 Å². The van der Waals surface area contributed by atoms with Gasteiger partial charge in [-0.3, -0.25) is 20.4 Å². The number of carbonyl (C=O) groups is 2. The number of hydrogen-bond acceptors (Lipinski definition) is 4. The standard InChI is InChI=1S/C15H15ClN2O4/c1-9-7-11(10(2)22-9)15(20)18-17-14(19)8-21-13-6-4-3-5-12(13)16/h3-7H,8H2,1-2H3,(H,17,19)(H,18,20). The second-order valence-corrected chi connectivity index (χ2v) is 4.96. The number of rotatable bonds is 4. The van der Waals surface area contributed by atoms with E-state index in [1.165, 1.54) is 0 Å². The van der Waals surface area contributed by atoms with Gasteiger partial charge < -0.3 is 9.15 Å². The van der Waals surface area contributed by atoms with Gasteiger partial charge in [0.1, 0.15) is 17.3 Å². The number of para-hydroxylation sites is 1. The van der Waals surface area contributed by atoms with Crippen molar-refractivity contribution in [3.8, 4) is 5.75 Å². The zero-order valence-electron chi connectivity index (χ0n) is 12.1. The van der Waals surface area contributed by atoms with Crippen molar-refractivity contribution in [1.29, 1.82) is 0 Å². The molecule has 0 aliphatic carbocycles. The van der Waals surface area contributed by atoms with Gasteiger partial charge in [0.2, 0.25) is 0 Å². The summed E-state index contributed by atoms with van der Waals surface area (Å²) in [6.45, 7) is 3.14. The molecule has 0 aliphatic heterocycles. The van der Waals surface area contributed by atoms with E-state index in [1.54, 1.807) is 44.2 Å². The van der Waals surface area contributed by atoms with E-state index in [-0.39, 0.29) is 6.61 Å². The van der Waals surface area contributed by atoms with Gasteiger partial charge in [-0.05, 0) is 32.0 Å². The van der Waals surface area contributed by atoms with Crippen LogP contribution in [0.25, 0.3) is 0 Å². The first kappa shape index (κ1) is 15.9. The van der Waals surface area contributed by atoms with E-state index in [0.29, 0.717) is 27.9 Å². The summed E-state index contributed by atoms with van der Waals surface area (Å²) in [5, 5.41) is 0.406. The average Bonchev–Trinajstić information content (AvgIpc) is 2.82. The summed E-state index contributed by atoms with van der Waals surface area (Å²) in [4.78, 5) is 23.5. The highest BCUT2D eigenvalue weighted by atomic mass is 35.5. The highest BCUT2D eigenvalue weighted by molar-refractivity contribution is 6.32. The van der Waals surface area contributed by atoms with Crippen LogP contribution in [-0.4, -0.2) is 18.4 Å². The van der Waals surface area contributed by atoms with Crippen LogP contribution in [-0.2, 0) is 4.79 Å². The second kappa shape index (κ2) is 7.00. The number of benzene rings is 1. The van der Waals surface area contributed by atoms with Crippen molar-refractivity contribution in [3.05, 3.63) is 52.4 Å². The molecule has 0 radical (unpaired) electrons. The predicted molar refractivity (Wildman–Crippen MR) is 80.7 cm³/mol. The van der Waals surface area contributed by atoms with Crippen LogP contribution in [0.5, 0.6) is 5.75 Å². The van der Waals surface area contributed by atoms with Gasteiger partial charge in [0.25, 0.3) is 11.8 Å². The monoisotopic (exact) mass is 322 g/mol. The van der Waals surface area contributed by atoms with E-state index in [4.69, 9.17) is 20.8 Å². The molecule has 0 unspecified atom stereocenters. The minimum absolute atomic E-state index is 0.270. The largest absolute Gasteiger partial charge is 0.482 e. The Morgan fingerprint density at radius 3 is 2.59 bits per heavy atom. The van der Waals surface area contributed by atoms with Crippen LogP contribution >= 0.6 is 11.6 Å². The molecule has 0 saturated heterocycles. The first-order chi connectivity index (χ1) is 10.5. The average molecular weight is 323 g/mol. The number of amides is 2. The number of furan rings is 1. The molecule has 116 valence electrons. The smallest absolute Gasteiger partial charge is 0.276 e. The van der Waals surface area contributed by atoms with E-state index in [0.717, 1.165) is 0 Å². The summed E-state index contributed by atoms with van der Waals surface area (Å²) in [5.41, 5.74) is 4.92. The molecule has 2 rings (SSSR count). The van der Waals surface area contributed by atoms with Gasteiger partial charge in [0.05, 0.1) is 10.6 Å². The van der Waals surface area contributed by atoms with E-state index < -0.39 is 11.8 Å². The van der Waals surface area contributed by atoms with E-state index in [2.05, 4.69) is 10.9 Å². The molecule has 0 fully saturated rings. The van der Waals surface area contributed by atoms with E-state index in [9.17, 15) is 9.59 Å². The van der Waals surface area contributed by atoms with Crippen molar-refractivity contribution in [3.63, 3.8) is 0 Å². The summed E-state index contributed by atoms with van der Waals surface area (Å²) in [6.07, 6.45) is 0. The van der Waals surface area contributed by atoms with Crippen molar-refractivity contribution < 1.29 is 18.7 Å². The lowest BCUT2D eigenvalue weighted by Crippen LogP contribution is -2.43. The van der Waals surface area contributed by atoms with Gasteiger partial charge >= 0.3 is 0 Å². The van der Waals surface area contributed by atoms with Crippen molar-refractivity contribution in [1.82, 2.24) is 10.9 Å². The van der Waals surface area contributed by atoms with Gasteiger partial charge in [-0.15, -0.1) is 0 Å². The molecule has 0 aliphatic rings. The van der Waals surface area contributed by atoms with Gasteiger partial charge in [0, 0.05) is 0 Å². The van der Waals surface area contributed by atoms with Crippen molar-refractivity contribution in [2.24, 2.45) is 0 Å². The Balaban J connectivity index is 1.82. The van der Waals surface area contributed by atoms with Gasteiger partial charge in [-0.25, -0.2) is 0 Å². The molecule has 2 N–H and O–H groups in total. The Hall–Kier alpha value is -2.47. The lowest BCUT2D eigenvalue weighted by molar-refractivity contribution is -0.123. The number of halogens is 1. The first-order valence-electron chi connectivity index (χ1n) is 6.51. The molecule has 0 bridgehead atoms. The lowest BCUT2D eigenvalue weighted by atomic mass is 10.2. The topological polar surface area (TPSA) is 80.6 Å². The molecule has 6 nitrogen and oxygen atoms in total. The van der Waals surface area contributed by atoms with Crippen molar-refractivity contribution in [2.45, 2.75) is 13.8 Å². The molecule has 0 atom stereocenters. The zero-order valence-corrected chi connectivity index (χ0v) is 12.9. The molecule has 2 aromatic rings. The summed E-state index contributed by atoms with van der Waals surface area (Å²) < 4.78 is 10.5. The molecule has 0 spiro atoms. The summed E-state index contributed by atoms with van der Waals surface area (Å²) >= 11 is 5.90. The highest BCUT2D eigenvalue weighted by Crippen LogP contribution is 2.22. The van der Waals surface area contributed by atoms with Crippen LogP contribution < -0.4 is 15.6 Å². The maximum absolute atomic E-state index is 11.9. The Kier molecular flexibility index (Phi) is 5.06. The fourth-order valence-electron chi connectivity index (χ4n) is 1.79. The number of nitrogens with one attached hydrogen (secondary N) is 2. The number of carbonyl (C=O) groups excluding carboxylic acids is 2. The van der Waals surface area contributed by atoms with Gasteiger partial charge in [-0.1, -0.05) is 23.7 Å². The summed E-state index contributed by atoms with van der Waals surface area (Å²) in [5.74, 6) is 0.533. The lowest BCUT2D eigenvalue weighted by Gasteiger charge is -2.09.